The van der Waals surface area contributed by atoms with Crippen LogP contribution in [0.2, 0.25) is 0 Å². The molecule has 0 saturated carbocycles. The monoisotopic (exact) mass is 402 g/mol. The highest BCUT2D eigenvalue weighted by Gasteiger charge is 2.37. The largest absolute Gasteiger partial charge is 0.336 e. The first-order chi connectivity index (χ1) is 13.6. The van der Waals surface area contributed by atoms with Crippen LogP contribution in [0.3, 0.4) is 0 Å². The molecule has 3 nitrogen and oxygen atoms in total. The minimum atomic E-state index is -0.912. The van der Waals surface area contributed by atoms with Crippen LogP contribution >= 0.6 is 11.3 Å². The van der Waals surface area contributed by atoms with Crippen molar-refractivity contribution >= 4 is 23.3 Å². The Hall–Kier alpha value is -2.05. The van der Waals surface area contributed by atoms with Crippen LogP contribution < -0.4 is 0 Å². The predicted molar refractivity (Wildman–Crippen MR) is 108 cm³/mol. The Labute approximate surface area is 168 Å². The molecule has 2 aliphatic rings. The lowest BCUT2D eigenvalue weighted by Crippen LogP contribution is -2.55. The van der Waals surface area contributed by atoms with Gasteiger partial charge in [-0.25, -0.2) is 8.78 Å². The second-order valence-electron chi connectivity index (χ2n) is 7.63. The van der Waals surface area contributed by atoms with Crippen molar-refractivity contribution in [1.82, 2.24) is 9.80 Å². The molecule has 1 aromatic heterocycles. The molecule has 2 aromatic rings. The predicted octanol–water partition coefficient (Wildman–Crippen LogP) is 4.55. The number of carbonyl (C=O) groups is 1. The van der Waals surface area contributed by atoms with Crippen molar-refractivity contribution in [2.45, 2.75) is 31.8 Å². The second kappa shape index (κ2) is 8.53. The van der Waals surface area contributed by atoms with E-state index in [9.17, 15) is 13.6 Å². The van der Waals surface area contributed by atoms with Gasteiger partial charge in [-0.05, 0) is 59.7 Å². The number of hydrogen-bond acceptors (Lipinski definition) is 3. The number of carbonyl (C=O) groups excluding carboxylic acids is 1. The number of benzene rings is 1. The molecule has 6 heteroatoms. The van der Waals surface area contributed by atoms with E-state index in [1.807, 2.05) is 4.90 Å². The van der Waals surface area contributed by atoms with E-state index >= 15 is 0 Å². The van der Waals surface area contributed by atoms with Crippen molar-refractivity contribution < 1.29 is 13.6 Å². The zero-order chi connectivity index (χ0) is 19.5. The first-order valence-corrected chi connectivity index (χ1v) is 10.7. The van der Waals surface area contributed by atoms with E-state index in [4.69, 9.17) is 0 Å². The summed E-state index contributed by atoms with van der Waals surface area (Å²) in [5, 5.41) is 4.30. The van der Waals surface area contributed by atoms with Crippen LogP contribution in [-0.4, -0.2) is 41.4 Å². The maximum Gasteiger partial charge on any atom is 0.246 e. The van der Waals surface area contributed by atoms with Gasteiger partial charge >= 0.3 is 0 Å². The van der Waals surface area contributed by atoms with Gasteiger partial charge in [-0.1, -0.05) is 12.1 Å². The van der Waals surface area contributed by atoms with E-state index in [-0.39, 0.29) is 17.5 Å². The Morgan fingerprint density at radius 3 is 2.93 bits per heavy atom. The number of halogens is 2. The van der Waals surface area contributed by atoms with Crippen molar-refractivity contribution in [2.24, 2.45) is 5.92 Å². The zero-order valence-electron chi connectivity index (χ0n) is 15.7. The molecule has 148 valence electrons. The van der Waals surface area contributed by atoms with Crippen molar-refractivity contribution in [3.8, 4) is 0 Å². The average Bonchev–Trinajstić information content (AvgIpc) is 3.21. The Morgan fingerprint density at radius 2 is 2.11 bits per heavy atom. The van der Waals surface area contributed by atoms with Crippen molar-refractivity contribution in [3.63, 3.8) is 0 Å². The second-order valence-corrected chi connectivity index (χ2v) is 8.41. The van der Waals surface area contributed by atoms with E-state index in [2.05, 4.69) is 21.7 Å². The summed E-state index contributed by atoms with van der Waals surface area (Å²) >= 11 is 1.72. The molecule has 2 fully saturated rings. The minimum Gasteiger partial charge on any atom is -0.336 e. The number of fused-ring (bicyclic) bond motifs is 1. The fraction of sp³-hybridized carbons (Fsp3) is 0.409. The van der Waals surface area contributed by atoms with Gasteiger partial charge in [-0.15, -0.1) is 0 Å². The van der Waals surface area contributed by atoms with Crippen LogP contribution in [-0.2, 0) is 11.3 Å². The first-order valence-electron chi connectivity index (χ1n) is 9.78. The maximum absolute atomic E-state index is 13.8. The Bertz CT molecular complexity index is 852. The molecule has 2 atom stereocenters. The summed E-state index contributed by atoms with van der Waals surface area (Å²) in [6.07, 6.45) is 5.86. The number of amides is 1. The molecule has 0 N–H and O–H groups in total. The molecule has 2 saturated heterocycles. The summed E-state index contributed by atoms with van der Waals surface area (Å²) in [6.45, 7) is 3.69. The molecule has 0 aliphatic carbocycles. The molecule has 0 radical (unpaired) electrons. The lowest BCUT2D eigenvalue weighted by Gasteiger charge is -2.47. The van der Waals surface area contributed by atoms with Gasteiger partial charge in [0.25, 0.3) is 0 Å². The molecule has 0 unspecified atom stereocenters. The SMILES string of the molecule is O=C(/C=C/c1cccc(F)c1F)N1CCC[C@@H]2CN(Cc3ccsc3)CC[C@H]21. The third kappa shape index (κ3) is 4.18. The van der Waals surface area contributed by atoms with E-state index < -0.39 is 11.6 Å². The average molecular weight is 403 g/mol. The number of hydrogen-bond donors (Lipinski definition) is 0. The molecule has 28 heavy (non-hydrogen) atoms. The van der Waals surface area contributed by atoms with Crippen LogP contribution in [0.15, 0.2) is 41.1 Å². The summed E-state index contributed by atoms with van der Waals surface area (Å²) in [7, 11) is 0. The zero-order valence-corrected chi connectivity index (χ0v) is 16.5. The number of nitrogens with zero attached hydrogens (tertiary/aromatic N) is 2. The molecular formula is C22H24F2N2OS. The quantitative estimate of drug-likeness (QED) is 0.701. The Kier molecular flexibility index (Phi) is 5.87. The highest BCUT2D eigenvalue weighted by molar-refractivity contribution is 7.07. The van der Waals surface area contributed by atoms with Crippen molar-refractivity contribution in [2.75, 3.05) is 19.6 Å². The minimum absolute atomic E-state index is 0.104. The number of thiophene rings is 1. The van der Waals surface area contributed by atoms with Crippen molar-refractivity contribution in [3.05, 3.63) is 63.9 Å². The first kappa shape index (κ1) is 19.3. The third-order valence-corrected chi connectivity index (χ3v) is 6.54. The number of piperidine rings is 2. The van der Waals surface area contributed by atoms with Gasteiger partial charge in [-0.2, -0.15) is 11.3 Å². The van der Waals surface area contributed by atoms with Gasteiger partial charge in [0.15, 0.2) is 11.6 Å². The molecule has 0 bridgehead atoms. The van der Waals surface area contributed by atoms with E-state index in [0.29, 0.717) is 5.92 Å². The molecule has 0 spiro atoms. The molecule has 4 rings (SSSR count). The van der Waals surface area contributed by atoms with Crippen LogP contribution in [0.5, 0.6) is 0 Å². The van der Waals surface area contributed by atoms with Crippen molar-refractivity contribution in [1.29, 1.82) is 0 Å². The van der Waals surface area contributed by atoms with Crippen LogP contribution in [0, 0.1) is 17.6 Å². The number of likely N-dealkylation sites (tertiary alicyclic amines) is 2. The molecule has 1 aromatic carbocycles. The normalized spacial score (nSPS) is 23.1. The van der Waals surface area contributed by atoms with Gasteiger partial charge in [0.1, 0.15) is 0 Å². The third-order valence-electron chi connectivity index (χ3n) is 5.81. The summed E-state index contributed by atoms with van der Waals surface area (Å²) < 4.78 is 27.1. The van der Waals surface area contributed by atoms with Gasteiger partial charge in [0, 0.05) is 43.9 Å². The summed E-state index contributed by atoms with van der Waals surface area (Å²) in [5.41, 5.74) is 1.46. The topological polar surface area (TPSA) is 23.6 Å². The van der Waals surface area contributed by atoms with E-state index in [0.717, 1.165) is 51.5 Å². The lowest BCUT2D eigenvalue weighted by molar-refractivity contribution is -0.133. The van der Waals surface area contributed by atoms with E-state index in [1.54, 1.807) is 11.3 Å². The summed E-state index contributed by atoms with van der Waals surface area (Å²) in [6, 6.07) is 6.41. The van der Waals surface area contributed by atoms with E-state index in [1.165, 1.54) is 29.8 Å². The van der Waals surface area contributed by atoms with Gasteiger partial charge in [0.05, 0.1) is 0 Å². The van der Waals surface area contributed by atoms with Gasteiger partial charge in [0.2, 0.25) is 5.91 Å². The maximum atomic E-state index is 13.8. The fourth-order valence-corrected chi connectivity index (χ4v) is 5.10. The van der Waals surface area contributed by atoms with Crippen LogP contribution in [0.25, 0.3) is 6.08 Å². The van der Waals surface area contributed by atoms with Crippen LogP contribution in [0.4, 0.5) is 8.78 Å². The summed E-state index contributed by atoms with van der Waals surface area (Å²) in [4.78, 5) is 17.2. The molecule has 1 amide bonds. The number of rotatable bonds is 4. The highest BCUT2D eigenvalue weighted by atomic mass is 32.1. The highest BCUT2D eigenvalue weighted by Crippen LogP contribution is 2.31. The standard InChI is InChI=1S/C22H24F2N2OS/c23-19-5-1-3-17(22(19)24)6-7-21(27)26-10-2-4-18-14-25(11-8-20(18)26)13-16-9-12-28-15-16/h1,3,5-7,9,12,15,18,20H,2,4,8,10-11,13-14H2/b7-6+/t18-,20-/m1/s1. The Balaban J connectivity index is 1.40. The smallest absolute Gasteiger partial charge is 0.246 e. The van der Waals surface area contributed by atoms with Gasteiger partial charge in [-0.3, -0.25) is 9.69 Å². The lowest BCUT2D eigenvalue weighted by atomic mass is 9.83. The molecule has 3 heterocycles. The van der Waals surface area contributed by atoms with Crippen LogP contribution in [0.1, 0.15) is 30.4 Å². The van der Waals surface area contributed by atoms with Gasteiger partial charge < -0.3 is 4.90 Å². The molecular weight excluding hydrogens is 378 g/mol. The summed E-state index contributed by atoms with van der Waals surface area (Å²) in [5.74, 6) is -1.44. The fourth-order valence-electron chi connectivity index (χ4n) is 4.44. The molecule has 2 aliphatic heterocycles. The Morgan fingerprint density at radius 1 is 1.21 bits per heavy atom.